The number of sulfone groups is 1. The molecule has 0 spiro atoms. The SMILES string of the molecule is O=C(N[C@H]1CC[C@](F)(S(=O)(=O)c2cccc(C(F)(F)F)c2)CC1)[C@@H]1CC[C@H](c2ccccc2)N1. The molecular formula is C24H26F4N2O3S. The first-order valence-corrected chi connectivity index (χ1v) is 12.7. The number of hydrogen-bond donors (Lipinski definition) is 2. The molecule has 2 fully saturated rings. The number of rotatable bonds is 5. The van der Waals surface area contributed by atoms with E-state index in [1.165, 1.54) is 0 Å². The molecule has 2 aromatic carbocycles. The first kappa shape index (κ1) is 24.7. The monoisotopic (exact) mass is 498 g/mol. The summed E-state index contributed by atoms with van der Waals surface area (Å²) >= 11 is 0. The fraction of sp³-hybridized carbons (Fsp3) is 0.458. The summed E-state index contributed by atoms with van der Waals surface area (Å²) in [6, 6.07) is 12.2. The fourth-order valence-corrected chi connectivity index (χ4v) is 6.45. The maximum Gasteiger partial charge on any atom is 0.416 e. The Hall–Kier alpha value is -2.46. The Labute approximate surface area is 195 Å². The average molecular weight is 499 g/mol. The number of hydrogen-bond acceptors (Lipinski definition) is 4. The zero-order chi connectivity index (χ0) is 24.6. The highest BCUT2D eigenvalue weighted by atomic mass is 32.2. The molecule has 10 heteroatoms. The van der Waals surface area contributed by atoms with Crippen molar-refractivity contribution in [3.63, 3.8) is 0 Å². The average Bonchev–Trinajstić information content (AvgIpc) is 3.31. The summed E-state index contributed by atoms with van der Waals surface area (Å²) in [7, 11) is -4.64. The van der Waals surface area contributed by atoms with Gasteiger partial charge in [0.25, 0.3) is 0 Å². The Balaban J connectivity index is 1.36. The molecule has 1 heterocycles. The van der Waals surface area contributed by atoms with Gasteiger partial charge in [-0.3, -0.25) is 10.1 Å². The molecule has 0 bridgehead atoms. The van der Waals surface area contributed by atoms with Crippen molar-refractivity contribution < 1.29 is 30.8 Å². The molecular weight excluding hydrogens is 472 g/mol. The van der Waals surface area contributed by atoms with Crippen LogP contribution in [0.5, 0.6) is 0 Å². The van der Waals surface area contributed by atoms with Crippen LogP contribution in [0.4, 0.5) is 17.6 Å². The van der Waals surface area contributed by atoms with Crippen LogP contribution >= 0.6 is 0 Å². The van der Waals surface area contributed by atoms with Gasteiger partial charge in [-0.05, 0) is 62.3 Å². The minimum Gasteiger partial charge on any atom is -0.352 e. The predicted molar refractivity (Wildman–Crippen MR) is 118 cm³/mol. The molecule has 4 rings (SSSR count). The lowest BCUT2D eigenvalue weighted by Crippen LogP contribution is -2.49. The van der Waals surface area contributed by atoms with Crippen LogP contribution in [-0.4, -0.2) is 31.4 Å². The molecule has 1 saturated carbocycles. The van der Waals surface area contributed by atoms with Crippen LogP contribution in [0.2, 0.25) is 0 Å². The lowest BCUT2D eigenvalue weighted by molar-refractivity contribution is -0.137. The lowest BCUT2D eigenvalue weighted by Gasteiger charge is -2.34. The van der Waals surface area contributed by atoms with Gasteiger partial charge in [0, 0.05) is 12.1 Å². The molecule has 1 amide bonds. The number of benzene rings is 2. The Kier molecular flexibility index (Phi) is 6.74. The molecule has 0 radical (unpaired) electrons. The molecule has 0 aromatic heterocycles. The van der Waals surface area contributed by atoms with E-state index in [-0.39, 0.29) is 24.8 Å². The summed E-state index contributed by atoms with van der Waals surface area (Å²) in [6.07, 6.45) is -3.93. The Morgan fingerprint density at radius 1 is 0.971 bits per heavy atom. The highest BCUT2D eigenvalue weighted by Crippen LogP contribution is 2.41. The van der Waals surface area contributed by atoms with Crippen molar-refractivity contribution in [2.75, 3.05) is 0 Å². The van der Waals surface area contributed by atoms with Crippen LogP contribution in [0.1, 0.15) is 55.7 Å². The fourth-order valence-electron chi connectivity index (χ4n) is 4.71. The van der Waals surface area contributed by atoms with E-state index in [1.807, 2.05) is 30.3 Å². The van der Waals surface area contributed by atoms with Gasteiger partial charge in [0.1, 0.15) is 0 Å². The summed E-state index contributed by atoms with van der Waals surface area (Å²) < 4.78 is 80.2. The van der Waals surface area contributed by atoms with Gasteiger partial charge in [-0.2, -0.15) is 13.2 Å². The highest BCUT2D eigenvalue weighted by molar-refractivity contribution is 7.92. The first-order chi connectivity index (χ1) is 16.0. The number of amides is 1. The van der Waals surface area contributed by atoms with Crippen molar-refractivity contribution in [3.8, 4) is 0 Å². The van der Waals surface area contributed by atoms with E-state index in [4.69, 9.17) is 0 Å². The van der Waals surface area contributed by atoms with Crippen LogP contribution in [0.25, 0.3) is 0 Å². The Bertz CT molecular complexity index is 1130. The van der Waals surface area contributed by atoms with Crippen LogP contribution < -0.4 is 10.6 Å². The van der Waals surface area contributed by atoms with Crippen LogP contribution in [0.3, 0.4) is 0 Å². The third-order valence-corrected chi connectivity index (χ3v) is 8.94. The van der Waals surface area contributed by atoms with E-state index in [0.29, 0.717) is 12.5 Å². The van der Waals surface area contributed by atoms with E-state index < -0.39 is 56.4 Å². The zero-order valence-electron chi connectivity index (χ0n) is 18.3. The van der Waals surface area contributed by atoms with Crippen LogP contribution in [0, 0.1) is 0 Å². The standard InChI is InChI=1S/C24H26F4N2O3S/c25-23(34(32,33)19-8-4-7-17(15-19)24(26,27)28)13-11-18(12-14-23)29-22(31)21-10-9-20(30-21)16-5-2-1-3-6-16/h1-8,15,18,20-21,30H,9-14H2,(H,29,31)/t18-,20-,21+,23-/m1/s1. The topological polar surface area (TPSA) is 75.3 Å². The molecule has 1 aliphatic carbocycles. The van der Waals surface area contributed by atoms with E-state index in [9.17, 15) is 26.4 Å². The molecule has 1 saturated heterocycles. The highest BCUT2D eigenvalue weighted by Gasteiger charge is 2.48. The third kappa shape index (κ3) is 4.98. The van der Waals surface area contributed by atoms with Crippen LogP contribution in [0.15, 0.2) is 59.5 Å². The van der Waals surface area contributed by atoms with Crippen molar-refractivity contribution in [1.29, 1.82) is 0 Å². The Morgan fingerprint density at radius 2 is 1.65 bits per heavy atom. The van der Waals surface area contributed by atoms with E-state index >= 15 is 4.39 Å². The van der Waals surface area contributed by atoms with Crippen molar-refractivity contribution in [2.24, 2.45) is 0 Å². The number of alkyl halides is 4. The first-order valence-electron chi connectivity index (χ1n) is 11.2. The Morgan fingerprint density at radius 3 is 2.29 bits per heavy atom. The summed E-state index contributed by atoms with van der Waals surface area (Å²) in [6.45, 7) is 0. The predicted octanol–water partition coefficient (Wildman–Crippen LogP) is 4.70. The zero-order valence-corrected chi connectivity index (χ0v) is 19.1. The van der Waals surface area contributed by atoms with Gasteiger partial charge in [0.15, 0.2) is 0 Å². The smallest absolute Gasteiger partial charge is 0.352 e. The van der Waals surface area contributed by atoms with Crippen LogP contribution in [-0.2, 0) is 20.8 Å². The van der Waals surface area contributed by atoms with Crippen molar-refractivity contribution in [1.82, 2.24) is 10.6 Å². The molecule has 2 aliphatic rings. The minimum absolute atomic E-state index is 0.0689. The summed E-state index contributed by atoms with van der Waals surface area (Å²) in [4.78, 5) is 12.0. The molecule has 2 aromatic rings. The molecule has 34 heavy (non-hydrogen) atoms. The maximum atomic E-state index is 15.5. The lowest BCUT2D eigenvalue weighted by atomic mass is 9.93. The summed E-state index contributed by atoms with van der Waals surface area (Å²) in [5.41, 5.74) is -0.0477. The molecule has 2 N–H and O–H groups in total. The normalized spacial score (nSPS) is 27.9. The van der Waals surface area contributed by atoms with Gasteiger partial charge in [-0.15, -0.1) is 0 Å². The van der Waals surface area contributed by atoms with Gasteiger partial charge in [0.2, 0.25) is 20.7 Å². The van der Waals surface area contributed by atoms with Gasteiger partial charge in [-0.25, -0.2) is 12.8 Å². The second-order valence-electron chi connectivity index (χ2n) is 8.95. The third-order valence-electron chi connectivity index (χ3n) is 6.70. The maximum absolute atomic E-state index is 15.5. The number of nitrogens with one attached hydrogen (secondary N) is 2. The second kappa shape index (κ2) is 9.30. The van der Waals surface area contributed by atoms with Gasteiger partial charge < -0.3 is 5.32 Å². The van der Waals surface area contributed by atoms with E-state index in [0.717, 1.165) is 30.2 Å². The van der Waals surface area contributed by atoms with Gasteiger partial charge >= 0.3 is 6.18 Å². The van der Waals surface area contributed by atoms with E-state index in [1.54, 1.807) is 0 Å². The molecule has 1 aliphatic heterocycles. The summed E-state index contributed by atoms with van der Waals surface area (Å²) in [5.74, 6) is -0.212. The quantitative estimate of drug-likeness (QED) is 0.587. The molecule has 184 valence electrons. The number of carbonyl (C=O) groups is 1. The van der Waals surface area contributed by atoms with E-state index in [2.05, 4.69) is 10.6 Å². The molecule has 5 nitrogen and oxygen atoms in total. The number of halogens is 4. The van der Waals surface area contributed by atoms with Gasteiger partial charge in [0.05, 0.1) is 16.5 Å². The second-order valence-corrected chi connectivity index (χ2v) is 11.2. The number of carbonyl (C=O) groups excluding carboxylic acids is 1. The van der Waals surface area contributed by atoms with Crippen molar-refractivity contribution in [2.45, 2.75) is 72.7 Å². The molecule has 0 unspecified atom stereocenters. The minimum atomic E-state index is -4.73. The van der Waals surface area contributed by atoms with Gasteiger partial charge in [-0.1, -0.05) is 36.4 Å². The molecule has 2 atom stereocenters. The van der Waals surface area contributed by atoms with Crippen molar-refractivity contribution in [3.05, 3.63) is 65.7 Å². The van der Waals surface area contributed by atoms with Crippen molar-refractivity contribution >= 4 is 15.7 Å². The summed E-state index contributed by atoms with van der Waals surface area (Å²) in [5, 5.41) is 3.50. The largest absolute Gasteiger partial charge is 0.416 e.